The van der Waals surface area contributed by atoms with Crippen LogP contribution in [0.2, 0.25) is 5.82 Å². The molecule has 0 saturated carbocycles. The van der Waals surface area contributed by atoms with Crippen LogP contribution in [0.4, 0.5) is 9.18 Å². The lowest BCUT2D eigenvalue weighted by atomic mass is 9.81. The Morgan fingerprint density at radius 3 is 2.36 bits per heavy atom. The number of aliphatic hydroxyl groups is 1. The number of carbonyl (C=O) groups is 10. The van der Waals surface area contributed by atoms with Crippen molar-refractivity contribution in [2.24, 2.45) is 0 Å². The van der Waals surface area contributed by atoms with E-state index in [1.807, 2.05) is 5.32 Å². The second-order valence-electron chi connectivity index (χ2n) is 19.2. The van der Waals surface area contributed by atoms with Gasteiger partial charge in [-0.05, 0) is 67.3 Å². The topological polar surface area (TPSA) is 320 Å². The van der Waals surface area contributed by atoms with E-state index in [0.29, 0.717) is 64.6 Å². The molecule has 0 bridgehead atoms. The Morgan fingerprint density at radius 1 is 0.909 bits per heavy atom. The summed E-state index contributed by atoms with van der Waals surface area (Å²) < 4.78 is 27.0. The van der Waals surface area contributed by atoms with Crippen molar-refractivity contribution in [3.05, 3.63) is 97.6 Å². The lowest BCUT2D eigenvalue weighted by Gasteiger charge is -2.31. The highest BCUT2D eigenvalue weighted by Crippen LogP contribution is 2.46. The van der Waals surface area contributed by atoms with Crippen LogP contribution in [-0.4, -0.2) is 126 Å². The summed E-state index contributed by atoms with van der Waals surface area (Å²) in [5.74, 6) is -7.51. The molecule has 0 spiro atoms. The van der Waals surface area contributed by atoms with Gasteiger partial charge in [-0.1, -0.05) is 43.7 Å². The van der Waals surface area contributed by atoms with Gasteiger partial charge in [0, 0.05) is 54.2 Å². The highest BCUT2D eigenvalue weighted by atomic mass is 19.1. The number of hydrogen-bond acceptors (Lipinski definition) is 15. The SMILES string of the molecule is [B]C1CC(=O)N(CCCCCC(=O)NCC(=O)NCC(=O)N[C@@H](Cc2ccccc2)C(=O)NCC(=O)NC(=O)OCC(=O)N[C@H]2CCc3c(C)c(F)cc4nc5c(c2c34)Cn2c-5cc3c(c2=O)COC(=O)[C@]3(O)CC)C1=O. The first-order valence-electron chi connectivity index (χ1n) is 25.1. The van der Waals surface area contributed by atoms with Crippen LogP contribution >= 0.6 is 0 Å². The number of benzene rings is 2. The fourth-order valence-electron chi connectivity index (χ4n) is 10.0. The van der Waals surface area contributed by atoms with Gasteiger partial charge in [0.1, 0.15) is 18.5 Å². The summed E-state index contributed by atoms with van der Waals surface area (Å²) in [5.41, 5.74) is 1.22. The lowest BCUT2D eigenvalue weighted by Crippen LogP contribution is -2.52. The average molecular weight is 1060 g/mol. The predicted octanol–water partition coefficient (Wildman–Crippen LogP) is 0.236. The molecule has 4 atom stereocenters. The molecule has 402 valence electrons. The fourth-order valence-corrected chi connectivity index (χ4v) is 10.0. The third-order valence-corrected chi connectivity index (χ3v) is 14.1. The Bertz CT molecular complexity index is 3190. The van der Waals surface area contributed by atoms with Crippen LogP contribution in [0.3, 0.4) is 0 Å². The predicted molar refractivity (Wildman–Crippen MR) is 268 cm³/mol. The number of esters is 1. The summed E-state index contributed by atoms with van der Waals surface area (Å²) in [6.07, 6.45) is 0.663. The third-order valence-electron chi connectivity index (χ3n) is 14.1. The van der Waals surface area contributed by atoms with E-state index in [2.05, 4.69) is 26.6 Å². The molecule has 4 aromatic rings. The number of nitrogens with zero attached hydrogens (tertiary/aromatic N) is 3. The van der Waals surface area contributed by atoms with Crippen LogP contribution in [0.25, 0.3) is 22.3 Å². The van der Waals surface area contributed by atoms with E-state index in [0.717, 1.165) is 4.90 Å². The van der Waals surface area contributed by atoms with Crippen molar-refractivity contribution >= 4 is 78.1 Å². The van der Waals surface area contributed by atoms with Crippen molar-refractivity contribution in [3.8, 4) is 11.4 Å². The molecular formula is C52H55BFN9O14. The number of pyridine rings is 2. The zero-order valence-corrected chi connectivity index (χ0v) is 42.1. The van der Waals surface area contributed by atoms with Crippen molar-refractivity contribution in [1.29, 1.82) is 0 Å². The van der Waals surface area contributed by atoms with E-state index in [9.17, 15) is 57.8 Å². The molecule has 2 aromatic heterocycles. The Labute approximate surface area is 440 Å². The molecule has 4 aliphatic rings. The van der Waals surface area contributed by atoms with Gasteiger partial charge in [-0.2, -0.15) is 0 Å². The summed E-state index contributed by atoms with van der Waals surface area (Å²) in [6, 6.07) is 9.33. The molecule has 1 unspecified atom stereocenters. The van der Waals surface area contributed by atoms with Crippen LogP contribution in [0.5, 0.6) is 0 Å². The van der Waals surface area contributed by atoms with Crippen molar-refractivity contribution < 1.29 is 66.9 Å². The minimum absolute atomic E-state index is 0.00783. The van der Waals surface area contributed by atoms with Gasteiger partial charge < -0.3 is 45.7 Å². The molecule has 3 aliphatic heterocycles. The first kappa shape index (κ1) is 54.9. The van der Waals surface area contributed by atoms with Crippen LogP contribution < -0.4 is 37.5 Å². The van der Waals surface area contributed by atoms with E-state index >= 15 is 4.39 Å². The Morgan fingerprint density at radius 2 is 1.64 bits per heavy atom. The first-order chi connectivity index (χ1) is 36.8. The number of amides is 9. The maximum absolute atomic E-state index is 15.4. The second kappa shape index (κ2) is 23.3. The molecule has 9 amide bonds. The number of rotatable bonds is 20. The molecule has 1 aliphatic carbocycles. The van der Waals surface area contributed by atoms with Crippen molar-refractivity contribution in [1.82, 2.24) is 46.4 Å². The normalized spacial score (nSPS) is 18.3. The molecule has 1 fully saturated rings. The molecule has 7 N–H and O–H groups in total. The van der Waals surface area contributed by atoms with Gasteiger partial charge in [-0.15, -0.1) is 0 Å². The maximum Gasteiger partial charge on any atom is 0.414 e. The highest BCUT2D eigenvalue weighted by Gasteiger charge is 2.46. The van der Waals surface area contributed by atoms with Crippen LogP contribution in [0.1, 0.15) is 96.9 Å². The van der Waals surface area contributed by atoms with Gasteiger partial charge in [-0.3, -0.25) is 53.4 Å². The van der Waals surface area contributed by atoms with Crippen LogP contribution in [-0.2, 0) is 84.2 Å². The molecule has 25 heteroatoms. The number of aryl methyl sites for hydroxylation is 1. The van der Waals surface area contributed by atoms with Crippen molar-refractivity contribution in [2.75, 3.05) is 32.8 Å². The summed E-state index contributed by atoms with van der Waals surface area (Å²) >= 11 is 0. The van der Waals surface area contributed by atoms with Crippen LogP contribution in [0.15, 0.2) is 47.3 Å². The largest absolute Gasteiger partial charge is 0.458 e. The van der Waals surface area contributed by atoms with E-state index < -0.39 is 115 Å². The number of likely N-dealkylation sites (tertiary alicyclic amines) is 1. The quantitative estimate of drug-likeness (QED) is 0.0238. The number of hydrogen-bond donors (Lipinski definition) is 7. The second-order valence-corrected chi connectivity index (χ2v) is 19.2. The van der Waals surface area contributed by atoms with Gasteiger partial charge >= 0.3 is 12.1 Å². The molecule has 8 rings (SSSR count). The fraction of sp³-hybridized carbons (Fsp3) is 0.423. The standard InChI is InChI=1S/C52H55BFN9O14/c1-3-52(75)31-17-37-46-29(23-63(37)48(71)30(31)24-76-50(52)73)45-34(14-13-28-26(2)33(54)19-35(60-46)44(28)45)58-42(68)25-77-51(74)61-41(67)22-57-47(70)36(16-27-10-6-4-7-11-27)59-40(66)21-56-39(65)20-55-38(64)12-8-5-9-15-62-43(69)18-32(53)49(62)72/h4,6-7,10-11,17,19,32,34,36,75H,3,5,8-9,12-16,18,20-25H2,1-2H3,(H,55,64)(H,56,65)(H,57,70)(H,58,68)(H,59,66)(H,61,67,74)/t32?,34-,36-,52-/m0/s1. The van der Waals surface area contributed by atoms with E-state index in [-0.39, 0.29) is 80.0 Å². The number of unbranched alkanes of at least 4 members (excludes halogenated alkanes) is 2. The number of fused-ring (bicyclic) bond motifs is 5. The lowest BCUT2D eigenvalue weighted by molar-refractivity contribution is -0.172. The van der Waals surface area contributed by atoms with E-state index in [4.69, 9.17) is 22.3 Å². The Hall–Kier alpha value is -8.35. The van der Waals surface area contributed by atoms with Gasteiger partial charge in [0.05, 0.1) is 62.5 Å². The number of cyclic esters (lactones) is 1. The van der Waals surface area contributed by atoms with Crippen LogP contribution in [0, 0.1) is 12.7 Å². The Kier molecular flexibility index (Phi) is 16.6. The molecule has 2 aromatic carbocycles. The van der Waals surface area contributed by atoms with E-state index in [1.165, 1.54) is 16.7 Å². The molecule has 1 saturated heterocycles. The summed E-state index contributed by atoms with van der Waals surface area (Å²) in [4.78, 5) is 146. The highest BCUT2D eigenvalue weighted by molar-refractivity contribution is 6.29. The number of aromatic nitrogens is 2. The number of halogens is 1. The summed E-state index contributed by atoms with van der Waals surface area (Å²) in [7, 11) is 5.61. The zero-order valence-electron chi connectivity index (χ0n) is 42.1. The van der Waals surface area contributed by atoms with Gasteiger partial charge in [0.2, 0.25) is 41.4 Å². The van der Waals surface area contributed by atoms with Crippen molar-refractivity contribution in [2.45, 2.75) is 108 Å². The minimum Gasteiger partial charge on any atom is -0.458 e. The van der Waals surface area contributed by atoms with Gasteiger partial charge in [0.15, 0.2) is 12.2 Å². The van der Waals surface area contributed by atoms with Gasteiger partial charge in [-0.25, -0.2) is 19.0 Å². The number of alkyl carbamates (subject to hydrolysis) is 1. The first-order valence-corrected chi connectivity index (χ1v) is 25.1. The Balaban J connectivity index is 0.814. The van der Waals surface area contributed by atoms with E-state index in [1.54, 1.807) is 44.2 Å². The number of nitrogens with one attached hydrogen (secondary N) is 6. The zero-order chi connectivity index (χ0) is 55.3. The third kappa shape index (κ3) is 11.9. The number of carbonyl (C=O) groups excluding carboxylic acids is 10. The molecule has 23 nitrogen and oxygen atoms in total. The van der Waals surface area contributed by atoms with Crippen molar-refractivity contribution in [3.63, 3.8) is 0 Å². The number of imide groups is 2. The molecule has 77 heavy (non-hydrogen) atoms. The maximum atomic E-state index is 15.4. The molecule has 2 radical (unpaired) electrons. The summed E-state index contributed by atoms with van der Waals surface area (Å²) in [5, 5.41) is 26.4. The van der Waals surface area contributed by atoms with Gasteiger partial charge in [0.25, 0.3) is 11.5 Å². The molecule has 5 heterocycles. The summed E-state index contributed by atoms with van der Waals surface area (Å²) in [6.45, 7) is 0.428. The average Bonchev–Trinajstić information content (AvgIpc) is 4.15. The number of ether oxygens (including phenoxy) is 2. The smallest absolute Gasteiger partial charge is 0.414 e. The minimum atomic E-state index is -2.08. The molecular weight excluding hydrogens is 1000 g/mol. The monoisotopic (exact) mass is 1060 g/mol.